The Morgan fingerprint density at radius 3 is 2.78 bits per heavy atom. The van der Waals surface area contributed by atoms with Crippen molar-refractivity contribution < 1.29 is 19.3 Å². The average Bonchev–Trinajstić information content (AvgIpc) is 2.61. The van der Waals surface area contributed by atoms with Gasteiger partial charge in [-0.05, 0) is 12.2 Å². The SMILES string of the molecule is CC1C(O)C(CO)OC1n1cc(F)c(=S)[nH]c1=S. The molecule has 0 amide bonds. The molecule has 1 aromatic heterocycles. The number of aliphatic hydroxyl groups is 2. The Hall–Kier alpha value is -0.670. The first-order valence-corrected chi connectivity index (χ1v) is 6.22. The molecule has 0 radical (unpaired) electrons. The summed E-state index contributed by atoms with van der Waals surface area (Å²) in [5.74, 6) is -0.936. The van der Waals surface area contributed by atoms with Gasteiger partial charge in [0.25, 0.3) is 0 Å². The van der Waals surface area contributed by atoms with E-state index in [-0.39, 0.29) is 21.9 Å². The smallest absolute Gasteiger partial charge is 0.180 e. The van der Waals surface area contributed by atoms with E-state index in [0.29, 0.717) is 0 Å². The first-order valence-electron chi connectivity index (χ1n) is 5.41. The van der Waals surface area contributed by atoms with Gasteiger partial charge in [-0.1, -0.05) is 19.1 Å². The molecule has 8 heteroatoms. The minimum Gasteiger partial charge on any atom is -0.394 e. The first-order chi connectivity index (χ1) is 8.45. The summed E-state index contributed by atoms with van der Waals surface area (Å²) in [6.07, 6.45) is -1.01. The van der Waals surface area contributed by atoms with Crippen LogP contribution in [0.1, 0.15) is 13.2 Å². The molecular weight excluding hydrogens is 279 g/mol. The molecular formula is C10H13FN2O3S2. The number of nitrogens with one attached hydrogen (secondary N) is 1. The molecule has 0 spiro atoms. The highest BCUT2D eigenvalue weighted by Crippen LogP contribution is 2.34. The number of halogens is 1. The van der Waals surface area contributed by atoms with Crippen molar-refractivity contribution in [2.45, 2.75) is 25.4 Å². The molecule has 4 atom stereocenters. The molecule has 1 aliphatic heterocycles. The van der Waals surface area contributed by atoms with Gasteiger partial charge in [-0.15, -0.1) is 0 Å². The number of aliphatic hydroxyl groups excluding tert-OH is 2. The Kier molecular flexibility index (Phi) is 3.93. The number of aromatic amines is 1. The lowest BCUT2D eigenvalue weighted by Gasteiger charge is -2.19. The van der Waals surface area contributed by atoms with Crippen molar-refractivity contribution in [1.82, 2.24) is 9.55 Å². The Balaban J connectivity index is 2.42. The van der Waals surface area contributed by atoms with Gasteiger partial charge in [0, 0.05) is 12.1 Å². The number of nitrogens with zero attached hydrogens (tertiary/aromatic N) is 1. The molecule has 2 rings (SSSR count). The maximum Gasteiger partial charge on any atom is 0.180 e. The van der Waals surface area contributed by atoms with Crippen molar-refractivity contribution >= 4 is 24.4 Å². The molecule has 18 heavy (non-hydrogen) atoms. The molecule has 0 bridgehead atoms. The fraction of sp³-hybridized carbons (Fsp3) is 0.600. The lowest BCUT2D eigenvalue weighted by Crippen LogP contribution is -2.28. The molecule has 1 fully saturated rings. The minimum atomic E-state index is -0.826. The van der Waals surface area contributed by atoms with Crippen LogP contribution in [0.15, 0.2) is 6.20 Å². The molecule has 1 aromatic rings. The molecule has 0 aromatic carbocycles. The highest BCUT2D eigenvalue weighted by atomic mass is 32.1. The van der Waals surface area contributed by atoms with Gasteiger partial charge in [-0.2, -0.15) is 0 Å². The van der Waals surface area contributed by atoms with Crippen LogP contribution >= 0.6 is 24.4 Å². The zero-order chi connectivity index (χ0) is 13.4. The van der Waals surface area contributed by atoms with Crippen molar-refractivity contribution in [3.8, 4) is 0 Å². The van der Waals surface area contributed by atoms with E-state index in [1.54, 1.807) is 6.92 Å². The van der Waals surface area contributed by atoms with Gasteiger partial charge in [-0.25, -0.2) is 4.39 Å². The Labute approximate surface area is 113 Å². The molecule has 0 saturated carbocycles. The van der Waals surface area contributed by atoms with Crippen LogP contribution in [-0.2, 0) is 4.74 Å². The van der Waals surface area contributed by atoms with E-state index in [1.165, 1.54) is 4.57 Å². The largest absolute Gasteiger partial charge is 0.394 e. The number of hydrogen-bond donors (Lipinski definition) is 3. The zero-order valence-corrected chi connectivity index (χ0v) is 11.2. The normalized spacial score (nSPS) is 31.8. The van der Waals surface area contributed by atoms with Crippen LogP contribution in [0.3, 0.4) is 0 Å². The Morgan fingerprint density at radius 2 is 2.22 bits per heavy atom. The van der Waals surface area contributed by atoms with E-state index in [0.717, 1.165) is 6.20 Å². The number of H-pyrrole nitrogens is 1. The summed E-state index contributed by atoms with van der Waals surface area (Å²) in [4.78, 5) is 2.55. The molecule has 4 unspecified atom stereocenters. The van der Waals surface area contributed by atoms with Crippen LogP contribution in [0.5, 0.6) is 0 Å². The Morgan fingerprint density at radius 1 is 1.56 bits per heavy atom. The van der Waals surface area contributed by atoms with Gasteiger partial charge in [-0.3, -0.25) is 4.57 Å². The van der Waals surface area contributed by atoms with Gasteiger partial charge in [0.1, 0.15) is 17.0 Å². The lowest BCUT2D eigenvalue weighted by atomic mass is 10.0. The zero-order valence-electron chi connectivity index (χ0n) is 9.54. The molecule has 5 nitrogen and oxygen atoms in total. The lowest BCUT2D eigenvalue weighted by molar-refractivity contribution is -0.0473. The summed E-state index contributed by atoms with van der Waals surface area (Å²) < 4.78 is 20.4. The first kappa shape index (κ1) is 13.8. The van der Waals surface area contributed by atoms with Crippen molar-refractivity contribution in [2.24, 2.45) is 5.92 Å². The molecule has 3 N–H and O–H groups in total. The predicted octanol–water partition coefficient (Wildman–Crippen LogP) is 1.30. The monoisotopic (exact) mass is 292 g/mol. The van der Waals surface area contributed by atoms with Crippen LogP contribution in [0.25, 0.3) is 0 Å². The molecule has 100 valence electrons. The third kappa shape index (κ3) is 2.26. The number of rotatable bonds is 2. The molecule has 2 heterocycles. The van der Waals surface area contributed by atoms with Crippen LogP contribution in [-0.4, -0.2) is 38.6 Å². The van der Waals surface area contributed by atoms with Crippen molar-refractivity contribution in [3.05, 3.63) is 21.4 Å². The van der Waals surface area contributed by atoms with E-state index >= 15 is 0 Å². The molecule has 0 aliphatic carbocycles. The molecule has 1 aliphatic rings. The summed E-state index contributed by atoms with van der Waals surface area (Å²) in [5.41, 5.74) is 0. The van der Waals surface area contributed by atoms with Crippen molar-refractivity contribution in [1.29, 1.82) is 0 Å². The van der Waals surface area contributed by atoms with E-state index < -0.39 is 24.3 Å². The quantitative estimate of drug-likeness (QED) is 0.717. The Bertz CT molecular complexity index is 559. The number of ether oxygens (including phenoxy) is 1. The number of aromatic nitrogens is 2. The maximum atomic E-state index is 13.4. The molecule has 1 saturated heterocycles. The third-order valence-corrected chi connectivity index (χ3v) is 3.67. The third-order valence-electron chi connectivity index (χ3n) is 3.06. The van der Waals surface area contributed by atoms with Gasteiger partial charge in [0.15, 0.2) is 10.6 Å². The van der Waals surface area contributed by atoms with Gasteiger partial charge >= 0.3 is 0 Å². The maximum absolute atomic E-state index is 13.4. The van der Waals surface area contributed by atoms with Crippen LogP contribution in [0.2, 0.25) is 0 Å². The van der Waals surface area contributed by atoms with Crippen LogP contribution in [0, 0.1) is 21.1 Å². The standard InChI is InChI=1S/C10H13FN2O3S2/c1-4-7(15)6(3-14)16-9(4)13-2-5(11)8(17)12-10(13)18/h2,4,6-7,9,14-15H,3H2,1H3,(H,12,17,18). The van der Waals surface area contributed by atoms with E-state index in [2.05, 4.69) is 4.98 Å². The second-order valence-corrected chi connectivity index (χ2v) is 5.04. The fourth-order valence-electron chi connectivity index (χ4n) is 2.01. The highest BCUT2D eigenvalue weighted by Gasteiger charge is 2.41. The average molecular weight is 292 g/mol. The predicted molar refractivity (Wildman–Crippen MR) is 66.6 cm³/mol. The van der Waals surface area contributed by atoms with E-state index in [9.17, 15) is 9.50 Å². The van der Waals surface area contributed by atoms with Crippen LogP contribution in [0.4, 0.5) is 4.39 Å². The number of hydrogen-bond acceptors (Lipinski definition) is 5. The summed E-state index contributed by atoms with van der Waals surface area (Å²) in [6.45, 7) is 1.44. The second-order valence-electron chi connectivity index (χ2n) is 4.24. The summed E-state index contributed by atoms with van der Waals surface area (Å²) >= 11 is 9.79. The second kappa shape index (κ2) is 5.14. The van der Waals surface area contributed by atoms with E-state index in [4.69, 9.17) is 34.3 Å². The highest BCUT2D eigenvalue weighted by molar-refractivity contribution is 7.72. The van der Waals surface area contributed by atoms with Crippen molar-refractivity contribution in [3.63, 3.8) is 0 Å². The summed E-state index contributed by atoms with van der Waals surface area (Å²) in [6, 6.07) is 0. The summed E-state index contributed by atoms with van der Waals surface area (Å²) in [5, 5.41) is 18.9. The topological polar surface area (TPSA) is 70.4 Å². The van der Waals surface area contributed by atoms with E-state index in [1.807, 2.05) is 0 Å². The van der Waals surface area contributed by atoms with Gasteiger partial charge in [0.05, 0.1) is 12.7 Å². The fourth-order valence-corrected chi connectivity index (χ4v) is 2.48. The summed E-state index contributed by atoms with van der Waals surface area (Å²) in [7, 11) is 0. The van der Waals surface area contributed by atoms with Gasteiger partial charge in [0.2, 0.25) is 0 Å². The van der Waals surface area contributed by atoms with Crippen molar-refractivity contribution in [2.75, 3.05) is 6.61 Å². The van der Waals surface area contributed by atoms with Crippen LogP contribution < -0.4 is 0 Å². The van der Waals surface area contributed by atoms with Gasteiger partial charge < -0.3 is 19.9 Å². The minimum absolute atomic E-state index is 0.0684.